The smallest absolute Gasteiger partial charge is 0.387 e. The largest absolute Gasteiger partial charge is 0.493 e. The number of ether oxygens (including phenoxy) is 2. The first-order valence-corrected chi connectivity index (χ1v) is 10.2. The van der Waals surface area contributed by atoms with Crippen LogP contribution in [0, 0.1) is 0 Å². The molecule has 1 aliphatic heterocycles. The number of hydrogen-bond donors (Lipinski definition) is 0. The second-order valence-corrected chi connectivity index (χ2v) is 7.26. The molecule has 2 aromatic carbocycles. The number of benzene rings is 2. The molecule has 0 atom stereocenters. The Bertz CT molecular complexity index is 884. The van der Waals surface area contributed by atoms with E-state index in [4.69, 9.17) is 4.74 Å². The lowest BCUT2D eigenvalue weighted by molar-refractivity contribution is -0.132. The van der Waals surface area contributed by atoms with E-state index in [-0.39, 0.29) is 23.3 Å². The van der Waals surface area contributed by atoms with E-state index in [1.54, 1.807) is 9.80 Å². The third kappa shape index (κ3) is 6.16. The molecule has 0 bridgehead atoms. The molecule has 1 saturated heterocycles. The van der Waals surface area contributed by atoms with Gasteiger partial charge in [-0.25, -0.2) is 0 Å². The van der Waals surface area contributed by atoms with Crippen molar-refractivity contribution in [3.05, 3.63) is 59.7 Å². The standard InChI is InChI=1S/C23H26F2N2O4/c1-30-20-16-18(10-11-19(20)31-23(24)25)22(29)27-14-12-26(13-15-27)21(28)9-5-8-17-6-3-2-4-7-17/h2-4,6-7,10-11,16,23H,5,8-9,12-15H2,1H3. The van der Waals surface area contributed by atoms with E-state index in [2.05, 4.69) is 16.9 Å². The van der Waals surface area contributed by atoms with Crippen molar-refractivity contribution < 1.29 is 27.8 Å². The minimum atomic E-state index is -2.98. The van der Waals surface area contributed by atoms with Gasteiger partial charge >= 0.3 is 6.61 Å². The van der Waals surface area contributed by atoms with E-state index in [0.29, 0.717) is 38.2 Å². The summed E-state index contributed by atoms with van der Waals surface area (Å²) in [6, 6.07) is 14.2. The van der Waals surface area contributed by atoms with Crippen LogP contribution in [0.15, 0.2) is 48.5 Å². The molecule has 6 nitrogen and oxygen atoms in total. The Hall–Kier alpha value is -3.16. The first-order valence-electron chi connectivity index (χ1n) is 10.2. The van der Waals surface area contributed by atoms with Gasteiger partial charge in [0.05, 0.1) is 7.11 Å². The number of rotatable bonds is 8. The lowest BCUT2D eigenvalue weighted by Crippen LogP contribution is -2.50. The van der Waals surface area contributed by atoms with Crippen molar-refractivity contribution in [3.8, 4) is 11.5 Å². The fraction of sp³-hybridized carbons (Fsp3) is 0.391. The summed E-state index contributed by atoms with van der Waals surface area (Å²) < 4.78 is 34.4. The summed E-state index contributed by atoms with van der Waals surface area (Å²) in [5.41, 5.74) is 1.53. The molecule has 8 heteroatoms. The zero-order chi connectivity index (χ0) is 22.2. The van der Waals surface area contributed by atoms with Gasteiger partial charge in [0.1, 0.15) is 0 Å². The molecule has 3 rings (SSSR count). The van der Waals surface area contributed by atoms with Crippen LogP contribution in [-0.2, 0) is 11.2 Å². The zero-order valence-corrected chi connectivity index (χ0v) is 17.4. The minimum absolute atomic E-state index is 0.0679. The van der Waals surface area contributed by atoms with Crippen LogP contribution in [0.3, 0.4) is 0 Å². The lowest BCUT2D eigenvalue weighted by atomic mass is 10.1. The summed E-state index contributed by atoms with van der Waals surface area (Å²) >= 11 is 0. The highest BCUT2D eigenvalue weighted by Crippen LogP contribution is 2.30. The number of carbonyl (C=O) groups excluding carboxylic acids is 2. The Labute approximate surface area is 180 Å². The molecule has 2 aromatic rings. The van der Waals surface area contributed by atoms with Gasteiger partial charge < -0.3 is 19.3 Å². The Morgan fingerprint density at radius 3 is 2.29 bits per heavy atom. The van der Waals surface area contributed by atoms with E-state index in [1.807, 2.05) is 18.2 Å². The summed E-state index contributed by atoms with van der Waals surface area (Å²) in [5, 5.41) is 0. The second kappa shape index (κ2) is 10.7. The number of halogens is 2. The molecule has 2 amide bonds. The SMILES string of the molecule is COc1cc(C(=O)N2CCN(C(=O)CCCc3ccccc3)CC2)ccc1OC(F)F. The van der Waals surface area contributed by atoms with E-state index >= 15 is 0 Å². The van der Waals surface area contributed by atoms with Crippen molar-refractivity contribution in [2.24, 2.45) is 0 Å². The maximum absolute atomic E-state index is 12.8. The quantitative estimate of drug-likeness (QED) is 0.640. The van der Waals surface area contributed by atoms with Crippen molar-refractivity contribution in [1.82, 2.24) is 9.80 Å². The van der Waals surface area contributed by atoms with Gasteiger partial charge in [0.2, 0.25) is 5.91 Å². The van der Waals surface area contributed by atoms with Crippen LogP contribution in [0.4, 0.5) is 8.78 Å². The van der Waals surface area contributed by atoms with Gasteiger partial charge in [0.15, 0.2) is 11.5 Å². The Morgan fingerprint density at radius 1 is 0.968 bits per heavy atom. The summed E-state index contributed by atoms with van der Waals surface area (Å²) in [6.07, 6.45) is 2.12. The summed E-state index contributed by atoms with van der Waals surface area (Å²) in [6.45, 7) is -1.20. The van der Waals surface area contributed by atoms with E-state index in [1.165, 1.54) is 30.9 Å². The maximum atomic E-state index is 12.8. The van der Waals surface area contributed by atoms with Crippen LogP contribution in [0.2, 0.25) is 0 Å². The number of aryl methyl sites for hydroxylation is 1. The molecule has 31 heavy (non-hydrogen) atoms. The number of hydrogen-bond acceptors (Lipinski definition) is 4. The van der Waals surface area contributed by atoms with Crippen LogP contribution in [0.5, 0.6) is 11.5 Å². The van der Waals surface area contributed by atoms with Gasteiger partial charge in [-0.2, -0.15) is 8.78 Å². The van der Waals surface area contributed by atoms with Gasteiger partial charge in [0.25, 0.3) is 5.91 Å². The Morgan fingerprint density at radius 2 is 1.65 bits per heavy atom. The molecule has 0 N–H and O–H groups in total. The molecule has 0 aliphatic carbocycles. The molecular weight excluding hydrogens is 406 g/mol. The zero-order valence-electron chi connectivity index (χ0n) is 17.4. The monoisotopic (exact) mass is 432 g/mol. The first kappa shape index (κ1) is 22.5. The van der Waals surface area contributed by atoms with Crippen LogP contribution >= 0.6 is 0 Å². The molecule has 1 fully saturated rings. The molecular formula is C23H26F2N2O4. The average Bonchev–Trinajstić information content (AvgIpc) is 2.79. The molecule has 1 aliphatic rings. The fourth-order valence-corrected chi connectivity index (χ4v) is 3.58. The highest BCUT2D eigenvalue weighted by Gasteiger charge is 2.25. The summed E-state index contributed by atoms with van der Waals surface area (Å²) in [4.78, 5) is 28.7. The van der Waals surface area contributed by atoms with Gasteiger partial charge in [-0.15, -0.1) is 0 Å². The minimum Gasteiger partial charge on any atom is -0.493 e. The number of alkyl halides is 2. The number of nitrogens with zero attached hydrogens (tertiary/aromatic N) is 2. The van der Waals surface area contributed by atoms with Crippen molar-refractivity contribution >= 4 is 11.8 Å². The van der Waals surface area contributed by atoms with Crippen LogP contribution < -0.4 is 9.47 Å². The Balaban J connectivity index is 1.49. The Kier molecular flexibility index (Phi) is 7.81. The van der Waals surface area contributed by atoms with Crippen molar-refractivity contribution in [1.29, 1.82) is 0 Å². The van der Waals surface area contributed by atoms with Gasteiger partial charge in [0, 0.05) is 38.2 Å². The highest BCUT2D eigenvalue weighted by molar-refractivity contribution is 5.95. The number of methoxy groups -OCH3 is 1. The third-order valence-corrected chi connectivity index (χ3v) is 5.25. The van der Waals surface area contributed by atoms with Crippen LogP contribution in [-0.4, -0.2) is 61.5 Å². The van der Waals surface area contributed by atoms with Crippen molar-refractivity contribution in [2.75, 3.05) is 33.3 Å². The number of carbonyl (C=O) groups is 2. The van der Waals surface area contributed by atoms with E-state index < -0.39 is 6.61 Å². The first-order chi connectivity index (χ1) is 15.0. The third-order valence-electron chi connectivity index (χ3n) is 5.25. The van der Waals surface area contributed by atoms with Crippen molar-refractivity contribution in [2.45, 2.75) is 25.9 Å². The van der Waals surface area contributed by atoms with Crippen molar-refractivity contribution in [3.63, 3.8) is 0 Å². The average molecular weight is 432 g/mol. The van der Waals surface area contributed by atoms with Crippen LogP contribution in [0.1, 0.15) is 28.8 Å². The lowest BCUT2D eigenvalue weighted by Gasteiger charge is -2.35. The van der Waals surface area contributed by atoms with Gasteiger partial charge in [-0.1, -0.05) is 30.3 Å². The highest BCUT2D eigenvalue weighted by atomic mass is 19.3. The summed E-state index contributed by atoms with van der Waals surface area (Å²) in [7, 11) is 1.32. The predicted molar refractivity (Wildman–Crippen MR) is 111 cm³/mol. The molecule has 0 unspecified atom stereocenters. The predicted octanol–water partition coefficient (Wildman–Crippen LogP) is 3.60. The van der Waals surface area contributed by atoms with Gasteiger partial charge in [-0.3, -0.25) is 9.59 Å². The molecule has 1 heterocycles. The van der Waals surface area contributed by atoms with E-state index in [0.717, 1.165) is 12.8 Å². The van der Waals surface area contributed by atoms with Gasteiger partial charge in [-0.05, 0) is 36.6 Å². The topological polar surface area (TPSA) is 59.1 Å². The van der Waals surface area contributed by atoms with E-state index in [9.17, 15) is 18.4 Å². The molecule has 0 aromatic heterocycles. The fourth-order valence-electron chi connectivity index (χ4n) is 3.58. The maximum Gasteiger partial charge on any atom is 0.387 e. The molecule has 166 valence electrons. The molecule has 0 spiro atoms. The molecule has 0 saturated carbocycles. The number of amides is 2. The normalized spacial score (nSPS) is 13.9. The molecule has 0 radical (unpaired) electrons. The summed E-state index contributed by atoms with van der Waals surface area (Å²) in [5.74, 6) is -0.199. The van der Waals surface area contributed by atoms with Crippen LogP contribution in [0.25, 0.3) is 0 Å². The second-order valence-electron chi connectivity index (χ2n) is 7.26. The number of piperazine rings is 1.